The standard InChI is InChI=1S/C21H14N4O5/c22-7-12-17(10-1-3-13-15(5-10)28-8-26-13)18-19(24-25-21(18)30-20(12)23)11-2-4-14-16(6-11)29-9-27-14/h1-6,17H,8-9,23H2,(H,24,25)/t17-/m0/s1. The Morgan fingerprint density at radius 3 is 2.43 bits per heavy atom. The van der Waals surface area contributed by atoms with E-state index in [4.69, 9.17) is 29.4 Å². The number of nitrogens with one attached hydrogen (secondary N) is 1. The first-order valence-electron chi connectivity index (χ1n) is 9.18. The van der Waals surface area contributed by atoms with Crippen LogP contribution in [0, 0.1) is 11.3 Å². The van der Waals surface area contributed by atoms with E-state index in [1.165, 1.54) is 0 Å². The van der Waals surface area contributed by atoms with Crippen LogP contribution < -0.4 is 29.4 Å². The molecule has 0 bridgehead atoms. The van der Waals surface area contributed by atoms with E-state index in [9.17, 15) is 5.26 Å². The van der Waals surface area contributed by atoms with E-state index in [0.29, 0.717) is 45.7 Å². The van der Waals surface area contributed by atoms with Crippen LogP contribution in [0.3, 0.4) is 0 Å². The first kappa shape index (κ1) is 16.6. The van der Waals surface area contributed by atoms with Crippen molar-refractivity contribution < 1.29 is 23.7 Å². The molecule has 1 atom stereocenters. The molecule has 3 aliphatic rings. The van der Waals surface area contributed by atoms with Crippen molar-refractivity contribution in [1.29, 1.82) is 5.26 Å². The molecule has 0 amide bonds. The van der Waals surface area contributed by atoms with Crippen molar-refractivity contribution in [2.24, 2.45) is 5.73 Å². The number of H-pyrrole nitrogens is 1. The van der Waals surface area contributed by atoms with Crippen LogP contribution in [0.15, 0.2) is 47.9 Å². The van der Waals surface area contributed by atoms with Crippen LogP contribution in [0.4, 0.5) is 0 Å². The number of ether oxygens (including phenoxy) is 5. The summed E-state index contributed by atoms with van der Waals surface area (Å²) in [5.41, 5.74) is 9.39. The highest BCUT2D eigenvalue weighted by molar-refractivity contribution is 5.73. The van der Waals surface area contributed by atoms with E-state index < -0.39 is 5.92 Å². The average molecular weight is 402 g/mol. The van der Waals surface area contributed by atoms with Crippen LogP contribution >= 0.6 is 0 Å². The van der Waals surface area contributed by atoms with Crippen molar-refractivity contribution in [3.8, 4) is 46.2 Å². The fourth-order valence-corrected chi connectivity index (χ4v) is 3.94. The maximum atomic E-state index is 9.85. The third-order valence-corrected chi connectivity index (χ3v) is 5.33. The van der Waals surface area contributed by atoms with Gasteiger partial charge in [-0.25, -0.2) is 0 Å². The van der Waals surface area contributed by atoms with Crippen LogP contribution in [0.25, 0.3) is 11.3 Å². The lowest BCUT2D eigenvalue weighted by Gasteiger charge is -2.24. The summed E-state index contributed by atoms with van der Waals surface area (Å²) in [7, 11) is 0. The minimum Gasteiger partial charge on any atom is -0.454 e. The number of aromatic nitrogens is 2. The molecule has 30 heavy (non-hydrogen) atoms. The summed E-state index contributed by atoms with van der Waals surface area (Å²) in [4.78, 5) is 0. The number of nitrogens with zero attached hydrogens (tertiary/aromatic N) is 2. The summed E-state index contributed by atoms with van der Waals surface area (Å²) < 4.78 is 27.5. The van der Waals surface area contributed by atoms with Gasteiger partial charge in [0.2, 0.25) is 25.3 Å². The Kier molecular flexibility index (Phi) is 3.37. The fraction of sp³-hybridized carbons (Fsp3) is 0.143. The van der Waals surface area contributed by atoms with Crippen LogP contribution in [0.5, 0.6) is 28.9 Å². The highest BCUT2D eigenvalue weighted by Gasteiger charge is 2.36. The van der Waals surface area contributed by atoms with Crippen LogP contribution in [0.1, 0.15) is 17.0 Å². The Morgan fingerprint density at radius 2 is 1.67 bits per heavy atom. The van der Waals surface area contributed by atoms with Gasteiger partial charge in [-0.3, -0.25) is 5.10 Å². The molecule has 2 aromatic carbocycles. The zero-order valence-electron chi connectivity index (χ0n) is 15.5. The van der Waals surface area contributed by atoms with E-state index in [1.807, 2.05) is 36.4 Å². The average Bonchev–Trinajstić information content (AvgIpc) is 3.50. The number of hydrogen-bond donors (Lipinski definition) is 2. The second-order valence-electron chi connectivity index (χ2n) is 6.92. The van der Waals surface area contributed by atoms with Gasteiger partial charge in [-0.1, -0.05) is 6.07 Å². The molecule has 9 nitrogen and oxygen atoms in total. The summed E-state index contributed by atoms with van der Waals surface area (Å²) in [6, 6.07) is 13.3. The van der Waals surface area contributed by atoms with Crippen molar-refractivity contribution in [2.75, 3.05) is 13.6 Å². The largest absolute Gasteiger partial charge is 0.454 e. The van der Waals surface area contributed by atoms with Crippen molar-refractivity contribution in [1.82, 2.24) is 10.2 Å². The molecule has 3 aliphatic heterocycles. The van der Waals surface area contributed by atoms with Crippen LogP contribution in [-0.4, -0.2) is 23.8 Å². The number of nitriles is 1. The van der Waals surface area contributed by atoms with Crippen molar-refractivity contribution in [3.05, 3.63) is 59.0 Å². The van der Waals surface area contributed by atoms with Crippen molar-refractivity contribution >= 4 is 0 Å². The molecule has 148 valence electrons. The first-order chi connectivity index (χ1) is 14.7. The molecule has 6 rings (SSSR count). The molecule has 9 heteroatoms. The summed E-state index contributed by atoms with van der Waals surface area (Å²) >= 11 is 0. The zero-order valence-corrected chi connectivity index (χ0v) is 15.5. The third kappa shape index (κ3) is 2.31. The van der Waals surface area contributed by atoms with Crippen molar-refractivity contribution in [3.63, 3.8) is 0 Å². The Bertz CT molecular complexity index is 1270. The van der Waals surface area contributed by atoms with Crippen molar-refractivity contribution in [2.45, 2.75) is 5.92 Å². The fourth-order valence-electron chi connectivity index (χ4n) is 3.94. The molecular weight excluding hydrogens is 388 g/mol. The van der Waals surface area contributed by atoms with Gasteiger partial charge in [-0.05, 0) is 35.9 Å². The molecule has 1 aromatic heterocycles. The number of allylic oxidation sites excluding steroid dienone is 1. The van der Waals surface area contributed by atoms with E-state index in [-0.39, 0.29) is 19.5 Å². The zero-order chi connectivity index (χ0) is 20.2. The van der Waals surface area contributed by atoms with E-state index in [1.54, 1.807) is 0 Å². The first-order valence-corrected chi connectivity index (χ1v) is 9.18. The maximum absolute atomic E-state index is 9.85. The lowest BCUT2D eigenvalue weighted by atomic mass is 9.83. The van der Waals surface area contributed by atoms with E-state index in [2.05, 4.69) is 16.3 Å². The number of rotatable bonds is 2. The molecule has 4 heterocycles. The third-order valence-electron chi connectivity index (χ3n) is 5.33. The van der Waals surface area contributed by atoms with Gasteiger partial charge in [0.05, 0.1) is 17.2 Å². The molecule has 0 saturated heterocycles. The Morgan fingerprint density at radius 1 is 0.967 bits per heavy atom. The lowest BCUT2D eigenvalue weighted by molar-refractivity contribution is 0.173. The SMILES string of the molecule is N#CC1=C(N)Oc2n[nH]c(-c3ccc4c(c3)OCO4)c2[C@H]1c1ccc2c(c1)OCO2. The minimum absolute atomic E-state index is 0.0244. The molecule has 0 aliphatic carbocycles. The summed E-state index contributed by atoms with van der Waals surface area (Å²) in [5, 5.41) is 17.2. The monoisotopic (exact) mass is 402 g/mol. The van der Waals surface area contributed by atoms with Gasteiger partial charge in [0.1, 0.15) is 11.6 Å². The van der Waals surface area contributed by atoms with Gasteiger partial charge in [0.25, 0.3) is 0 Å². The van der Waals surface area contributed by atoms with Gasteiger partial charge < -0.3 is 29.4 Å². The second kappa shape index (κ2) is 6.09. The van der Waals surface area contributed by atoms with Gasteiger partial charge in [-0.15, -0.1) is 5.10 Å². The predicted molar refractivity (Wildman–Crippen MR) is 102 cm³/mol. The summed E-state index contributed by atoms with van der Waals surface area (Å²) in [6.45, 7) is 0.343. The summed E-state index contributed by atoms with van der Waals surface area (Å²) in [5.74, 6) is 2.44. The maximum Gasteiger partial charge on any atom is 0.244 e. The second-order valence-corrected chi connectivity index (χ2v) is 6.92. The molecule has 3 aromatic rings. The Labute approximate surface area is 170 Å². The van der Waals surface area contributed by atoms with E-state index in [0.717, 1.165) is 11.1 Å². The molecule has 0 saturated carbocycles. The number of hydrogen-bond acceptors (Lipinski definition) is 8. The highest BCUT2D eigenvalue weighted by Crippen LogP contribution is 2.48. The molecule has 0 unspecified atom stereocenters. The predicted octanol–water partition coefficient (Wildman–Crippen LogP) is 2.75. The number of benzene rings is 2. The van der Waals surface area contributed by atoms with E-state index >= 15 is 0 Å². The highest BCUT2D eigenvalue weighted by atomic mass is 16.7. The Balaban J connectivity index is 1.54. The molecule has 0 radical (unpaired) electrons. The number of nitrogens with two attached hydrogens (primary N) is 1. The number of aromatic amines is 1. The summed E-state index contributed by atoms with van der Waals surface area (Å²) in [6.07, 6.45) is 0. The van der Waals surface area contributed by atoms with Crippen LogP contribution in [-0.2, 0) is 0 Å². The van der Waals surface area contributed by atoms with Crippen LogP contribution in [0.2, 0.25) is 0 Å². The molecule has 0 spiro atoms. The molecule has 0 fully saturated rings. The number of fused-ring (bicyclic) bond motifs is 3. The van der Waals surface area contributed by atoms with Gasteiger partial charge in [0.15, 0.2) is 23.0 Å². The Hall–Kier alpha value is -4.32. The van der Waals surface area contributed by atoms with Gasteiger partial charge >= 0.3 is 0 Å². The molecular formula is C21H14N4O5. The lowest BCUT2D eigenvalue weighted by Crippen LogP contribution is -2.21. The smallest absolute Gasteiger partial charge is 0.244 e. The normalized spacial score (nSPS) is 18.0. The molecule has 3 N–H and O–H groups in total. The minimum atomic E-state index is -0.493. The van der Waals surface area contributed by atoms with Gasteiger partial charge in [-0.2, -0.15) is 5.26 Å². The topological polar surface area (TPSA) is 125 Å². The van der Waals surface area contributed by atoms with Gasteiger partial charge in [0, 0.05) is 5.56 Å². The quantitative estimate of drug-likeness (QED) is 0.670.